The van der Waals surface area contributed by atoms with E-state index in [0.29, 0.717) is 17.9 Å². The summed E-state index contributed by atoms with van der Waals surface area (Å²) in [5.74, 6) is 1.33. The topological polar surface area (TPSA) is 47.3 Å². The van der Waals surface area contributed by atoms with Gasteiger partial charge in [0.15, 0.2) is 0 Å². The highest BCUT2D eigenvalue weighted by atomic mass is 16.6. The highest BCUT2D eigenvalue weighted by Gasteiger charge is 2.15. The minimum absolute atomic E-state index is 0.423. The third kappa shape index (κ3) is 5.23. The molecule has 0 bridgehead atoms. The molecule has 1 fully saturated rings. The molecule has 0 amide bonds. The fourth-order valence-electron chi connectivity index (χ4n) is 2.47. The van der Waals surface area contributed by atoms with Crippen LogP contribution < -0.4 is 10.1 Å². The molecule has 0 radical (unpaired) electrons. The first-order valence-electron chi connectivity index (χ1n) is 7.52. The van der Waals surface area contributed by atoms with Gasteiger partial charge in [0.25, 0.3) is 0 Å². The van der Waals surface area contributed by atoms with Gasteiger partial charge >= 0.3 is 6.08 Å². The first-order valence-corrected chi connectivity index (χ1v) is 7.52. The summed E-state index contributed by atoms with van der Waals surface area (Å²) in [5.41, 5.74) is 0.916. The summed E-state index contributed by atoms with van der Waals surface area (Å²) in [7, 11) is 0. The second-order valence-electron chi connectivity index (χ2n) is 5.94. The number of hydrogen-bond donors (Lipinski definition) is 1. The van der Waals surface area contributed by atoms with E-state index in [1.165, 1.54) is 32.1 Å². The monoisotopic (exact) mass is 266 g/mol. The first kappa shape index (κ1) is 14.4. The van der Waals surface area contributed by atoms with Gasteiger partial charge in [-0.1, -0.05) is 33.1 Å². The molecular weight excluding hydrogens is 240 g/mol. The summed E-state index contributed by atoms with van der Waals surface area (Å²) in [6.07, 6.45) is 8.72. The molecule has 4 nitrogen and oxygen atoms in total. The fraction of sp³-hybridized carbons (Fsp3) is 0.800. The lowest BCUT2D eigenvalue weighted by Gasteiger charge is -2.20. The zero-order chi connectivity index (χ0) is 13.5. The summed E-state index contributed by atoms with van der Waals surface area (Å²) >= 11 is 0. The molecule has 2 rings (SSSR count). The molecule has 1 aliphatic rings. The zero-order valence-electron chi connectivity index (χ0n) is 12.2. The van der Waals surface area contributed by atoms with Gasteiger partial charge in [-0.15, -0.1) is 0 Å². The normalized spacial score (nSPS) is 17.0. The zero-order valence-corrected chi connectivity index (χ0v) is 12.2. The number of aromatic nitrogens is 1. The van der Waals surface area contributed by atoms with Gasteiger partial charge in [0.1, 0.15) is 6.26 Å². The molecule has 1 aromatic rings. The molecule has 19 heavy (non-hydrogen) atoms. The van der Waals surface area contributed by atoms with Crippen LogP contribution in [0.2, 0.25) is 0 Å². The van der Waals surface area contributed by atoms with Crippen LogP contribution in [0.1, 0.15) is 51.6 Å². The van der Waals surface area contributed by atoms with Crippen LogP contribution in [0.5, 0.6) is 6.08 Å². The molecule has 108 valence electrons. The molecule has 0 saturated heterocycles. The Morgan fingerprint density at radius 1 is 1.37 bits per heavy atom. The van der Waals surface area contributed by atoms with E-state index in [4.69, 9.17) is 9.15 Å². The van der Waals surface area contributed by atoms with Gasteiger partial charge in [0.05, 0.1) is 12.3 Å². The Balaban J connectivity index is 1.68. The predicted octanol–water partition coefficient (Wildman–Crippen LogP) is 3.38. The van der Waals surface area contributed by atoms with E-state index in [1.807, 2.05) is 0 Å². The molecule has 1 aromatic heterocycles. The number of ether oxygens (including phenoxy) is 1. The molecule has 0 spiro atoms. The van der Waals surface area contributed by atoms with Crippen LogP contribution in [0.3, 0.4) is 0 Å². The number of nitrogens with one attached hydrogen (secondary N) is 1. The maximum atomic E-state index is 5.65. The fourth-order valence-corrected chi connectivity index (χ4v) is 2.47. The Hall–Kier alpha value is -1.03. The molecule has 1 saturated carbocycles. The summed E-state index contributed by atoms with van der Waals surface area (Å²) in [6.45, 7) is 6.86. The van der Waals surface area contributed by atoms with Crippen LogP contribution in [0.4, 0.5) is 0 Å². The van der Waals surface area contributed by atoms with Crippen molar-refractivity contribution in [2.24, 2.45) is 11.8 Å². The molecule has 0 atom stereocenters. The Kier molecular flexibility index (Phi) is 5.70. The van der Waals surface area contributed by atoms with Crippen molar-refractivity contribution in [1.82, 2.24) is 10.3 Å². The lowest BCUT2D eigenvalue weighted by molar-refractivity contribution is 0.165. The molecule has 0 aromatic carbocycles. The molecule has 0 unspecified atom stereocenters. The van der Waals surface area contributed by atoms with Crippen LogP contribution in [-0.2, 0) is 6.54 Å². The smallest absolute Gasteiger partial charge is 0.393 e. The van der Waals surface area contributed by atoms with E-state index in [1.54, 1.807) is 6.26 Å². The minimum atomic E-state index is 0.423. The highest BCUT2D eigenvalue weighted by Crippen LogP contribution is 2.24. The number of oxazole rings is 1. The van der Waals surface area contributed by atoms with Crippen molar-refractivity contribution < 1.29 is 9.15 Å². The second kappa shape index (κ2) is 7.53. The molecule has 4 heteroatoms. The Morgan fingerprint density at radius 3 is 2.89 bits per heavy atom. The lowest BCUT2D eigenvalue weighted by Crippen LogP contribution is -2.19. The van der Waals surface area contributed by atoms with Crippen molar-refractivity contribution in [3.05, 3.63) is 12.0 Å². The van der Waals surface area contributed by atoms with Crippen LogP contribution in [0.15, 0.2) is 10.7 Å². The van der Waals surface area contributed by atoms with E-state index in [2.05, 4.69) is 24.1 Å². The Bertz CT molecular complexity index is 357. The maximum absolute atomic E-state index is 5.65. The quantitative estimate of drug-likeness (QED) is 0.822. The van der Waals surface area contributed by atoms with Crippen LogP contribution in [0.25, 0.3) is 0 Å². The molecule has 1 N–H and O–H groups in total. The van der Waals surface area contributed by atoms with Gasteiger partial charge in [-0.25, -0.2) is 0 Å². The van der Waals surface area contributed by atoms with E-state index in [9.17, 15) is 0 Å². The van der Waals surface area contributed by atoms with Crippen molar-refractivity contribution in [3.8, 4) is 6.08 Å². The van der Waals surface area contributed by atoms with Crippen molar-refractivity contribution in [3.63, 3.8) is 0 Å². The lowest BCUT2D eigenvalue weighted by atomic mass is 9.90. The molecule has 1 aliphatic carbocycles. The van der Waals surface area contributed by atoms with Crippen LogP contribution in [0, 0.1) is 11.8 Å². The largest absolute Gasteiger partial charge is 0.450 e. The summed E-state index contributed by atoms with van der Waals surface area (Å²) in [5, 5.41) is 3.34. The average Bonchev–Trinajstić information content (AvgIpc) is 2.85. The number of rotatable bonds is 7. The molecular formula is C15H26N2O2. The van der Waals surface area contributed by atoms with E-state index in [-0.39, 0.29) is 0 Å². The minimum Gasteiger partial charge on any atom is -0.450 e. The van der Waals surface area contributed by atoms with E-state index < -0.39 is 0 Å². The van der Waals surface area contributed by atoms with Gasteiger partial charge in [-0.05, 0) is 31.2 Å². The Labute approximate surface area is 115 Å². The Morgan fingerprint density at radius 2 is 2.16 bits per heavy atom. The van der Waals surface area contributed by atoms with E-state index >= 15 is 0 Å². The van der Waals surface area contributed by atoms with Gasteiger partial charge in [0.2, 0.25) is 0 Å². The van der Waals surface area contributed by atoms with Crippen LogP contribution in [-0.4, -0.2) is 18.1 Å². The second-order valence-corrected chi connectivity index (χ2v) is 5.94. The SMILES string of the molecule is CC(C)CNCc1coc(OCC2CCCCC2)n1. The summed E-state index contributed by atoms with van der Waals surface area (Å²) in [6, 6.07) is 0. The van der Waals surface area contributed by atoms with Crippen molar-refractivity contribution in [2.45, 2.75) is 52.5 Å². The first-order chi connectivity index (χ1) is 9.24. The third-order valence-electron chi connectivity index (χ3n) is 3.56. The van der Waals surface area contributed by atoms with Gasteiger partial charge in [-0.2, -0.15) is 4.98 Å². The van der Waals surface area contributed by atoms with Crippen molar-refractivity contribution in [2.75, 3.05) is 13.2 Å². The standard InChI is InChI=1S/C15H26N2O2/c1-12(2)8-16-9-14-11-19-15(17-14)18-10-13-6-4-3-5-7-13/h11-13,16H,3-10H2,1-2H3. The maximum Gasteiger partial charge on any atom is 0.393 e. The van der Waals surface area contributed by atoms with Crippen molar-refractivity contribution in [1.29, 1.82) is 0 Å². The highest BCUT2D eigenvalue weighted by molar-refractivity contribution is 4.99. The third-order valence-corrected chi connectivity index (χ3v) is 3.56. The van der Waals surface area contributed by atoms with Crippen LogP contribution >= 0.6 is 0 Å². The van der Waals surface area contributed by atoms with Gasteiger partial charge < -0.3 is 14.5 Å². The van der Waals surface area contributed by atoms with Gasteiger partial charge in [0, 0.05) is 6.54 Å². The van der Waals surface area contributed by atoms with E-state index in [0.717, 1.165) is 25.4 Å². The average molecular weight is 266 g/mol. The summed E-state index contributed by atoms with van der Waals surface area (Å²) < 4.78 is 11.0. The number of hydrogen-bond acceptors (Lipinski definition) is 4. The molecule has 1 heterocycles. The predicted molar refractivity (Wildman–Crippen MR) is 75.1 cm³/mol. The number of nitrogens with zero attached hydrogens (tertiary/aromatic N) is 1. The summed E-state index contributed by atoms with van der Waals surface area (Å²) in [4.78, 5) is 4.34. The van der Waals surface area contributed by atoms with Gasteiger partial charge in [-0.3, -0.25) is 0 Å². The van der Waals surface area contributed by atoms with Crippen molar-refractivity contribution >= 4 is 0 Å². The molecule has 0 aliphatic heterocycles.